The van der Waals surface area contributed by atoms with Gasteiger partial charge in [-0.2, -0.15) is 0 Å². The van der Waals surface area contributed by atoms with E-state index in [-0.39, 0.29) is 11.2 Å². The molecule has 0 spiro atoms. The van der Waals surface area contributed by atoms with Gasteiger partial charge in [-0.1, -0.05) is 0 Å². The molecule has 9 heteroatoms. The third-order valence-corrected chi connectivity index (χ3v) is 3.39. The molecular weight excluding hydrogens is 268 g/mol. The van der Waals surface area contributed by atoms with E-state index in [0.29, 0.717) is 0 Å². The summed E-state index contributed by atoms with van der Waals surface area (Å²) in [4.78, 5) is 21.9. The minimum Gasteiger partial charge on any atom is -0.391 e. The van der Waals surface area contributed by atoms with Crippen LogP contribution in [-0.2, 0) is 4.74 Å². The lowest BCUT2D eigenvalue weighted by Crippen LogP contribution is -2.37. The standard InChI is InChI=1S/C11H14N4O5/c1-4(16)8-6(17)7(18)11(20-8)15-3-14-5-9(15)12-2-13-10(5)19/h2-4,6-8,11,16-18H,1H3,(H,12,13,19)/t4-,6+,7-,8+,11+/m0/s1. The van der Waals surface area contributed by atoms with Crippen molar-refractivity contribution in [3.63, 3.8) is 0 Å². The first-order chi connectivity index (χ1) is 9.50. The van der Waals surface area contributed by atoms with E-state index in [9.17, 15) is 20.1 Å². The zero-order valence-corrected chi connectivity index (χ0v) is 10.5. The van der Waals surface area contributed by atoms with Crippen LogP contribution in [-0.4, -0.2) is 59.3 Å². The lowest BCUT2D eigenvalue weighted by atomic mass is 10.1. The van der Waals surface area contributed by atoms with Crippen molar-refractivity contribution >= 4 is 11.2 Å². The average molecular weight is 282 g/mol. The molecule has 1 aliphatic rings. The SMILES string of the molecule is C[C@H](O)[C@H]1O[C@@H](n2cnc3c(=O)[nH]cnc32)[C@@H](O)[C@H]1O. The molecule has 0 unspecified atom stereocenters. The first-order valence-electron chi connectivity index (χ1n) is 6.10. The molecule has 0 amide bonds. The maximum Gasteiger partial charge on any atom is 0.278 e. The van der Waals surface area contributed by atoms with Crippen molar-refractivity contribution in [3.8, 4) is 0 Å². The fourth-order valence-electron chi connectivity index (χ4n) is 2.36. The van der Waals surface area contributed by atoms with Gasteiger partial charge in [-0.25, -0.2) is 9.97 Å². The quantitative estimate of drug-likeness (QED) is 0.506. The van der Waals surface area contributed by atoms with E-state index in [2.05, 4.69) is 15.0 Å². The first-order valence-corrected chi connectivity index (χ1v) is 6.10. The number of nitrogens with zero attached hydrogens (tertiary/aromatic N) is 3. The number of aliphatic hydroxyl groups is 3. The van der Waals surface area contributed by atoms with Gasteiger partial charge in [0, 0.05) is 0 Å². The maximum atomic E-state index is 11.6. The van der Waals surface area contributed by atoms with Crippen LogP contribution in [0.4, 0.5) is 0 Å². The molecule has 0 bridgehead atoms. The number of aromatic nitrogens is 4. The predicted octanol–water partition coefficient (Wildman–Crippen LogP) is -1.88. The number of ether oxygens (including phenoxy) is 1. The van der Waals surface area contributed by atoms with Crippen LogP contribution in [0.15, 0.2) is 17.4 Å². The molecule has 20 heavy (non-hydrogen) atoms. The van der Waals surface area contributed by atoms with Crippen molar-refractivity contribution in [2.24, 2.45) is 0 Å². The van der Waals surface area contributed by atoms with Crippen LogP contribution in [0, 0.1) is 0 Å². The van der Waals surface area contributed by atoms with Gasteiger partial charge in [0.25, 0.3) is 5.56 Å². The van der Waals surface area contributed by atoms with Crippen LogP contribution in [0.25, 0.3) is 11.2 Å². The van der Waals surface area contributed by atoms with Crippen LogP contribution in [0.5, 0.6) is 0 Å². The van der Waals surface area contributed by atoms with Gasteiger partial charge in [0.1, 0.15) is 18.3 Å². The van der Waals surface area contributed by atoms with Crippen molar-refractivity contribution < 1.29 is 20.1 Å². The molecule has 9 nitrogen and oxygen atoms in total. The lowest BCUT2D eigenvalue weighted by Gasteiger charge is -2.17. The Morgan fingerprint density at radius 2 is 2.15 bits per heavy atom. The molecule has 0 aromatic carbocycles. The number of rotatable bonds is 2. The summed E-state index contributed by atoms with van der Waals surface area (Å²) < 4.78 is 6.82. The fraction of sp³-hybridized carbons (Fsp3) is 0.545. The van der Waals surface area contributed by atoms with Crippen molar-refractivity contribution in [3.05, 3.63) is 23.0 Å². The van der Waals surface area contributed by atoms with Crippen molar-refractivity contribution in [2.75, 3.05) is 0 Å². The summed E-state index contributed by atoms with van der Waals surface area (Å²) in [6.07, 6.45) is -2.81. The summed E-state index contributed by atoms with van der Waals surface area (Å²) in [7, 11) is 0. The van der Waals surface area contributed by atoms with Crippen molar-refractivity contribution in [2.45, 2.75) is 37.6 Å². The zero-order chi connectivity index (χ0) is 14.4. The molecule has 0 saturated carbocycles. The third kappa shape index (κ3) is 1.83. The van der Waals surface area contributed by atoms with Gasteiger partial charge in [0.15, 0.2) is 17.4 Å². The highest BCUT2D eigenvalue weighted by Crippen LogP contribution is 2.32. The van der Waals surface area contributed by atoms with E-state index in [1.165, 1.54) is 24.1 Å². The van der Waals surface area contributed by atoms with Crippen molar-refractivity contribution in [1.29, 1.82) is 0 Å². The Morgan fingerprint density at radius 3 is 2.80 bits per heavy atom. The number of imidazole rings is 1. The normalized spacial score (nSPS) is 31.8. The van der Waals surface area contributed by atoms with Gasteiger partial charge in [-0.15, -0.1) is 0 Å². The molecule has 5 atom stereocenters. The highest BCUT2D eigenvalue weighted by atomic mass is 16.6. The molecule has 3 rings (SSSR count). The van der Waals surface area contributed by atoms with E-state index >= 15 is 0 Å². The first kappa shape index (κ1) is 13.2. The topological polar surface area (TPSA) is 133 Å². The molecule has 3 heterocycles. The van der Waals surface area contributed by atoms with Gasteiger partial charge >= 0.3 is 0 Å². The van der Waals surface area contributed by atoms with Crippen LogP contribution in [0.3, 0.4) is 0 Å². The Morgan fingerprint density at radius 1 is 1.40 bits per heavy atom. The molecule has 0 radical (unpaired) electrons. The predicted molar refractivity (Wildman–Crippen MR) is 65.8 cm³/mol. The number of hydrogen-bond acceptors (Lipinski definition) is 7. The monoisotopic (exact) mass is 282 g/mol. The number of aliphatic hydroxyl groups excluding tert-OH is 3. The number of nitrogens with one attached hydrogen (secondary N) is 1. The van der Waals surface area contributed by atoms with Crippen LogP contribution in [0.2, 0.25) is 0 Å². The number of aromatic amines is 1. The van der Waals surface area contributed by atoms with Gasteiger partial charge < -0.3 is 25.0 Å². The molecule has 2 aromatic heterocycles. The molecule has 2 aromatic rings. The summed E-state index contributed by atoms with van der Waals surface area (Å²) in [6.45, 7) is 1.46. The van der Waals surface area contributed by atoms with E-state index < -0.39 is 36.2 Å². The van der Waals surface area contributed by atoms with E-state index in [0.717, 1.165) is 0 Å². The van der Waals surface area contributed by atoms with Gasteiger partial charge in [-0.05, 0) is 6.92 Å². The van der Waals surface area contributed by atoms with Gasteiger partial charge in [0.05, 0.1) is 18.8 Å². The van der Waals surface area contributed by atoms with E-state index in [1.807, 2.05) is 0 Å². The number of H-pyrrole nitrogens is 1. The Labute approximate surface area is 112 Å². The minimum absolute atomic E-state index is 0.110. The molecule has 108 valence electrons. The van der Waals surface area contributed by atoms with Crippen molar-refractivity contribution in [1.82, 2.24) is 19.5 Å². The Bertz CT molecular complexity index is 681. The summed E-state index contributed by atoms with van der Waals surface area (Å²) in [5.74, 6) is 0. The highest BCUT2D eigenvalue weighted by molar-refractivity contribution is 5.68. The highest BCUT2D eigenvalue weighted by Gasteiger charge is 2.46. The number of fused-ring (bicyclic) bond motifs is 1. The molecule has 1 fully saturated rings. The second-order valence-corrected chi connectivity index (χ2v) is 4.77. The molecule has 0 aliphatic carbocycles. The average Bonchev–Trinajstić information content (AvgIpc) is 2.94. The number of hydrogen-bond donors (Lipinski definition) is 4. The molecular formula is C11H14N4O5. The third-order valence-electron chi connectivity index (χ3n) is 3.39. The fourth-order valence-corrected chi connectivity index (χ4v) is 2.36. The van der Waals surface area contributed by atoms with Gasteiger partial charge in [-0.3, -0.25) is 9.36 Å². The Kier molecular flexibility index (Phi) is 3.05. The minimum atomic E-state index is -1.26. The zero-order valence-electron chi connectivity index (χ0n) is 10.5. The summed E-state index contributed by atoms with van der Waals surface area (Å²) >= 11 is 0. The lowest BCUT2D eigenvalue weighted by molar-refractivity contribution is -0.0777. The van der Waals surface area contributed by atoms with Crippen LogP contribution < -0.4 is 5.56 Å². The Balaban J connectivity index is 2.04. The summed E-state index contributed by atoms with van der Waals surface area (Å²) in [5, 5.41) is 29.4. The molecule has 1 saturated heterocycles. The summed E-state index contributed by atoms with van der Waals surface area (Å²) in [5.41, 5.74) is -0.0663. The van der Waals surface area contributed by atoms with E-state index in [1.54, 1.807) is 0 Å². The largest absolute Gasteiger partial charge is 0.391 e. The van der Waals surface area contributed by atoms with Crippen LogP contribution >= 0.6 is 0 Å². The Hall–Kier alpha value is -1.81. The maximum absolute atomic E-state index is 11.6. The van der Waals surface area contributed by atoms with Crippen LogP contribution in [0.1, 0.15) is 13.2 Å². The second kappa shape index (κ2) is 4.63. The molecule has 4 N–H and O–H groups in total. The second-order valence-electron chi connectivity index (χ2n) is 4.77. The smallest absolute Gasteiger partial charge is 0.278 e. The molecule has 1 aliphatic heterocycles. The van der Waals surface area contributed by atoms with E-state index in [4.69, 9.17) is 4.74 Å². The van der Waals surface area contributed by atoms with Gasteiger partial charge in [0.2, 0.25) is 0 Å². The summed E-state index contributed by atoms with van der Waals surface area (Å²) in [6, 6.07) is 0.